The van der Waals surface area contributed by atoms with Crippen LogP contribution in [-0.2, 0) is 6.54 Å². The van der Waals surface area contributed by atoms with Gasteiger partial charge in [-0.25, -0.2) is 14.6 Å². The first-order valence-corrected chi connectivity index (χ1v) is 8.14. The van der Waals surface area contributed by atoms with Crippen LogP contribution in [0.2, 0.25) is 0 Å². The van der Waals surface area contributed by atoms with E-state index in [0.29, 0.717) is 18.3 Å². The minimum absolute atomic E-state index is 0.317. The minimum Gasteiger partial charge on any atom is -0.424 e. The van der Waals surface area contributed by atoms with E-state index in [0.717, 1.165) is 22.5 Å². The number of ether oxygens (including phenoxy) is 1. The van der Waals surface area contributed by atoms with Gasteiger partial charge in [-0.05, 0) is 48.9 Å². The molecule has 7 nitrogen and oxygen atoms in total. The largest absolute Gasteiger partial charge is 0.424 e. The molecule has 3 heterocycles. The third-order valence-corrected chi connectivity index (χ3v) is 3.87. The quantitative estimate of drug-likeness (QED) is 0.553. The van der Waals surface area contributed by atoms with Gasteiger partial charge in [-0.2, -0.15) is 0 Å². The molecule has 0 saturated heterocycles. The zero-order valence-corrected chi connectivity index (χ0v) is 14.1. The van der Waals surface area contributed by atoms with Gasteiger partial charge in [0.25, 0.3) is 0 Å². The van der Waals surface area contributed by atoms with Crippen LogP contribution in [-0.4, -0.2) is 29.9 Å². The van der Waals surface area contributed by atoms with Crippen LogP contribution in [0.5, 0.6) is 11.8 Å². The summed E-state index contributed by atoms with van der Waals surface area (Å²) in [6, 6.07) is 13.6. The van der Waals surface area contributed by atoms with Crippen LogP contribution in [0.15, 0.2) is 67.3 Å². The fraction of sp³-hybridized carbons (Fsp3) is 0.105. The van der Waals surface area contributed by atoms with Gasteiger partial charge in [0.2, 0.25) is 0 Å². The smallest absolute Gasteiger partial charge is 0.321 e. The average Bonchev–Trinajstić information content (AvgIpc) is 3.14. The molecule has 4 aromatic rings. The first kappa shape index (κ1) is 15.9. The van der Waals surface area contributed by atoms with Crippen LogP contribution >= 0.6 is 0 Å². The summed E-state index contributed by atoms with van der Waals surface area (Å²) in [5.41, 5.74) is 3.86. The zero-order valence-electron chi connectivity index (χ0n) is 14.1. The molecular formula is C19H16N6O. The van der Waals surface area contributed by atoms with Crippen molar-refractivity contribution in [1.82, 2.24) is 29.9 Å². The number of hydrogen-bond acceptors (Lipinski definition) is 6. The van der Waals surface area contributed by atoms with Gasteiger partial charge in [0.05, 0.1) is 18.4 Å². The molecule has 0 N–H and O–H groups in total. The summed E-state index contributed by atoms with van der Waals surface area (Å²) in [7, 11) is 0. The van der Waals surface area contributed by atoms with E-state index in [1.165, 1.54) is 0 Å². The van der Waals surface area contributed by atoms with Crippen LogP contribution in [0.4, 0.5) is 0 Å². The Bertz CT molecular complexity index is 998. The second-order valence-corrected chi connectivity index (χ2v) is 5.73. The van der Waals surface area contributed by atoms with Gasteiger partial charge in [0, 0.05) is 24.2 Å². The Morgan fingerprint density at radius 3 is 2.46 bits per heavy atom. The van der Waals surface area contributed by atoms with E-state index in [1.54, 1.807) is 29.3 Å². The summed E-state index contributed by atoms with van der Waals surface area (Å²) in [5.74, 6) is 0.663. The normalized spacial score (nSPS) is 10.7. The fourth-order valence-electron chi connectivity index (χ4n) is 2.48. The number of aromatic nitrogens is 6. The molecule has 128 valence electrons. The van der Waals surface area contributed by atoms with E-state index in [4.69, 9.17) is 4.74 Å². The molecule has 0 bridgehead atoms. The van der Waals surface area contributed by atoms with E-state index in [-0.39, 0.29) is 0 Å². The van der Waals surface area contributed by atoms with Crippen molar-refractivity contribution in [2.45, 2.75) is 13.5 Å². The highest BCUT2D eigenvalue weighted by Gasteiger charge is 2.07. The van der Waals surface area contributed by atoms with E-state index in [1.807, 2.05) is 49.5 Å². The van der Waals surface area contributed by atoms with Crippen LogP contribution < -0.4 is 4.74 Å². The third kappa shape index (κ3) is 3.56. The topological polar surface area (TPSA) is 78.6 Å². The first-order valence-electron chi connectivity index (χ1n) is 8.14. The van der Waals surface area contributed by atoms with Crippen molar-refractivity contribution in [2.24, 2.45) is 0 Å². The predicted octanol–water partition coefficient (Wildman–Crippen LogP) is 3.28. The lowest BCUT2D eigenvalue weighted by molar-refractivity contribution is 0.442. The predicted molar refractivity (Wildman–Crippen MR) is 95.6 cm³/mol. The van der Waals surface area contributed by atoms with Crippen LogP contribution in [0.1, 0.15) is 11.3 Å². The SMILES string of the molecule is Cc1cccnc1Cn1cc(-c2ccc(Oc3ncccn3)cc2)nn1. The molecule has 0 fully saturated rings. The van der Waals surface area contributed by atoms with Gasteiger partial charge >= 0.3 is 6.01 Å². The molecule has 0 radical (unpaired) electrons. The Balaban J connectivity index is 1.48. The molecular weight excluding hydrogens is 328 g/mol. The summed E-state index contributed by atoms with van der Waals surface area (Å²) in [6.45, 7) is 2.63. The molecule has 0 spiro atoms. The molecule has 26 heavy (non-hydrogen) atoms. The number of pyridine rings is 1. The number of rotatable bonds is 5. The Labute approximate surface area is 150 Å². The van der Waals surface area contributed by atoms with Crippen LogP contribution in [0.25, 0.3) is 11.3 Å². The standard InChI is InChI=1S/C19H16N6O/c1-14-4-2-9-20-17(14)12-25-13-18(23-24-25)15-5-7-16(8-6-15)26-19-21-10-3-11-22-19/h2-11,13H,12H2,1H3. The van der Waals surface area contributed by atoms with E-state index < -0.39 is 0 Å². The lowest BCUT2D eigenvalue weighted by atomic mass is 10.1. The average molecular weight is 344 g/mol. The van der Waals surface area contributed by atoms with Crippen LogP contribution in [0.3, 0.4) is 0 Å². The maximum atomic E-state index is 5.59. The maximum Gasteiger partial charge on any atom is 0.321 e. The van der Waals surface area contributed by atoms with Crippen molar-refractivity contribution < 1.29 is 4.74 Å². The highest BCUT2D eigenvalue weighted by Crippen LogP contribution is 2.23. The summed E-state index contributed by atoms with van der Waals surface area (Å²) >= 11 is 0. The Kier molecular flexibility index (Phi) is 4.34. The Morgan fingerprint density at radius 1 is 0.923 bits per heavy atom. The van der Waals surface area contributed by atoms with Crippen molar-refractivity contribution in [3.8, 4) is 23.0 Å². The number of nitrogens with zero attached hydrogens (tertiary/aromatic N) is 6. The Morgan fingerprint density at radius 2 is 1.69 bits per heavy atom. The molecule has 4 rings (SSSR count). The lowest BCUT2D eigenvalue weighted by Gasteiger charge is -2.04. The van der Waals surface area contributed by atoms with Crippen molar-refractivity contribution in [2.75, 3.05) is 0 Å². The van der Waals surface area contributed by atoms with Gasteiger partial charge < -0.3 is 4.74 Å². The van der Waals surface area contributed by atoms with E-state index in [2.05, 4.69) is 25.3 Å². The number of hydrogen-bond donors (Lipinski definition) is 0. The summed E-state index contributed by atoms with van der Waals surface area (Å²) < 4.78 is 7.38. The molecule has 0 aliphatic rings. The van der Waals surface area contributed by atoms with E-state index in [9.17, 15) is 0 Å². The second-order valence-electron chi connectivity index (χ2n) is 5.73. The first-order chi connectivity index (χ1) is 12.8. The minimum atomic E-state index is 0.317. The third-order valence-electron chi connectivity index (χ3n) is 3.87. The second kappa shape index (κ2) is 7.10. The molecule has 0 amide bonds. The summed E-state index contributed by atoms with van der Waals surface area (Å²) in [5, 5.41) is 8.44. The number of benzene rings is 1. The molecule has 0 unspecified atom stereocenters. The Hall–Kier alpha value is -3.61. The molecule has 0 saturated carbocycles. The zero-order chi connectivity index (χ0) is 17.8. The molecule has 0 aliphatic heterocycles. The molecule has 0 atom stereocenters. The van der Waals surface area contributed by atoms with E-state index >= 15 is 0 Å². The van der Waals surface area contributed by atoms with Crippen LogP contribution in [0, 0.1) is 6.92 Å². The molecule has 7 heteroatoms. The van der Waals surface area contributed by atoms with Crippen molar-refractivity contribution in [3.05, 3.63) is 78.5 Å². The van der Waals surface area contributed by atoms with Gasteiger partial charge in [-0.1, -0.05) is 11.3 Å². The molecule has 1 aromatic carbocycles. The van der Waals surface area contributed by atoms with Crippen molar-refractivity contribution in [3.63, 3.8) is 0 Å². The lowest BCUT2D eigenvalue weighted by Crippen LogP contribution is -2.04. The summed E-state index contributed by atoms with van der Waals surface area (Å²) in [4.78, 5) is 12.5. The van der Waals surface area contributed by atoms with Gasteiger partial charge in [0.1, 0.15) is 11.4 Å². The highest BCUT2D eigenvalue weighted by molar-refractivity contribution is 5.58. The summed E-state index contributed by atoms with van der Waals surface area (Å²) in [6.07, 6.45) is 6.97. The number of aryl methyl sites for hydroxylation is 1. The van der Waals surface area contributed by atoms with Gasteiger partial charge in [-0.15, -0.1) is 5.10 Å². The maximum absolute atomic E-state index is 5.59. The van der Waals surface area contributed by atoms with Gasteiger partial charge in [-0.3, -0.25) is 4.98 Å². The molecule has 3 aromatic heterocycles. The molecule has 0 aliphatic carbocycles. The van der Waals surface area contributed by atoms with Crippen molar-refractivity contribution >= 4 is 0 Å². The van der Waals surface area contributed by atoms with Crippen molar-refractivity contribution in [1.29, 1.82) is 0 Å². The highest BCUT2D eigenvalue weighted by atomic mass is 16.5. The fourth-order valence-corrected chi connectivity index (χ4v) is 2.48. The monoisotopic (exact) mass is 344 g/mol. The van der Waals surface area contributed by atoms with Gasteiger partial charge in [0.15, 0.2) is 0 Å².